The first-order chi connectivity index (χ1) is 21.9. The van der Waals surface area contributed by atoms with E-state index >= 15 is 0 Å². The average molecular weight is 656 g/mol. The normalized spacial score (nSPS) is 14.2. The van der Waals surface area contributed by atoms with E-state index in [2.05, 4.69) is 78.3 Å². The van der Waals surface area contributed by atoms with Crippen LogP contribution < -0.4 is 9.46 Å². The molecule has 0 aliphatic rings. The summed E-state index contributed by atoms with van der Waals surface area (Å²) >= 11 is 0. The Labute approximate surface area is 284 Å². The van der Waals surface area contributed by atoms with Crippen LogP contribution in [0.1, 0.15) is 175 Å². The molecule has 2 aromatic rings. The van der Waals surface area contributed by atoms with Crippen molar-refractivity contribution >= 4 is 14.9 Å². The van der Waals surface area contributed by atoms with E-state index < -0.39 is 9.99 Å². The Hall–Kier alpha value is -1.82. The molecule has 0 aliphatic heterocycles. The van der Waals surface area contributed by atoms with Crippen LogP contribution in [0.2, 0.25) is 0 Å². The molecule has 0 amide bonds. The molecule has 0 fully saturated rings. The van der Waals surface area contributed by atoms with Crippen molar-refractivity contribution in [3.8, 4) is 5.75 Å². The van der Waals surface area contributed by atoms with Gasteiger partial charge in [0.25, 0.3) is 0 Å². The van der Waals surface area contributed by atoms with E-state index in [1.165, 1.54) is 75.3 Å². The van der Waals surface area contributed by atoms with Crippen molar-refractivity contribution in [2.75, 3.05) is 6.61 Å². The molecule has 46 heavy (non-hydrogen) atoms. The van der Waals surface area contributed by atoms with E-state index in [4.69, 9.17) is 4.74 Å². The molecular weight excluding hydrogens is 587 g/mol. The lowest BCUT2D eigenvalue weighted by atomic mass is 9.76. The third-order valence-corrected chi connectivity index (χ3v) is 12.0. The van der Waals surface area contributed by atoms with Gasteiger partial charge in [0, 0.05) is 18.0 Å². The van der Waals surface area contributed by atoms with Crippen LogP contribution in [0.5, 0.6) is 5.75 Å². The highest BCUT2D eigenvalue weighted by Crippen LogP contribution is 2.38. The number of nitrogens with one attached hydrogen (secondary N) is 1. The first-order valence-corrected chi connectivity index (χ1v) is 20.2. The Morgan fingerprint density at radius 3 is 1.89 bits per heavy atom. The highest BCUT2D eigenvalue weighted by Gasteiger charge is 2.27. The molecule has 0 aliphatic carbocycles. The molecular formula is C41H69NO3S. The third-order valence-electron chi connectivity index (χ3n) is 10.2. The summed E-state index contributed by atoms with van der Waals surface area (Å²) in [6, 6.07) is 16.3. The Kier molecular flexibility index (Phi) is 18.0. The summed E-state index contributed by atoms with van der Waals surface area (Å²) in [6.07, 6.45) is 18.5. The summed E-state index contributed by atoms with van der Waals surface area (Å²) in [6.45, 7) is 18.3. The third kappa shape index (κ3) is 13.4. The van der Waals surface area contributed by atoms with Gasteiger partial charge in [0.1, 0.15) is 15.7 Å². The lowest BCUT2D eigenvalue weighted by molar-refractivity contribution is 0.316. The molecule has 2 N–H and O–H groups in total. The van der Waals surface area contributed by atoms with Gasteiger partial charge in [0.15, 0.2) is 0 Å². The van der Waals surface area contributed by atoms with Crippen LogP contribution in [0.3, 0.4) is 0 Å². The van der Waals surface area contributed by atoms with Crippen molar-refractivity contribution < 1.29 is 13.5 Å². The lowest BCUT2D eigenvalue weighted by Gasteiger charge is -2.30. The molecule has 0 spiro atoms. The van der Waals surface area contributed by atoms with Gasteiger partial charge in [0.2, 0.25) is 0 Å². The van der Waals surface area contributed by atoms with Crippen LogP contribution in [-0.4, -0.2) is 26.3 Å². The number of benzene rings is 2. The molecule has 0 saturated carbocycles. The van der Waals surface area contributed by atoms with Crippen LogP contribution in [0, 0.1) is 0 Å². The number of rotatable bonds is 24. The molecule has 5 heteroatoms. The van der Waals surface area contributed by atoms with Gasteiger partial charge in [0.05, 0.1) is 11.5 Å². The van der Waals surface area contributed by atoms with Gasteiger partial charge in [-0.05, 0) is 53.7 Å². The lowest BCUT2D eigenvalue weighted by Crippen LogP contribution is -2.38. The minimum absolute atomic E-state index is 0.00196. The quantitative estimate of drug-likeness (QED) is 0.0672. The average Bonchev–Trinajstić information content (AvgIpc) is 3.05. The largest absolute Gasteiger partial charge is 0.493 e. The SMILES string of the molecule is CCCCCCCCCCCCCC(CC)NS(=O)(O)=C(CCOc1ccc(C(C)(C)CC)cc1C(C)(C)CC)c1ccccc1. The van der Waals surface area contributed by atoms with Crippen molar-refractivity contribution in [3.05, 3.63) is 65.2 Å². The predicted octanol–water partition coefficient (Wildman–Crippen LogP) is 11.8. The van der Waals surface area contributed by atoms with Crippen LogP contribution in [0.25, 0.3) is 0 Å². The van der Waals surface area contributed by atoms with E-state index in [0.717, 1.165) is 43.4 Å². The summed E-state index contributed by atoms with van der Waals surface area (Å²) < 4.78 is 35.2. The van der Waals surface area contributed by atoms with Gasteiger partial charge in [-0.25, -0.2) is 8.93 Å². The fraction of sp³-hybridized carbons (Fsp3) is 0.683. The molecule has 0 saturated heterocycles. The van der Waals surface area contributed by atoms with Crippen molar-refractivity contribution in [1.82, 2.24) is 4.72 Å². The summed E-state index contributed by atoms with van der Waals surface area (Å²) in [5.74, 6) is 0.871. The zero-order valence-electron chi connectivity index (χ0n) is 30.9. The maximum Gasteiger partial charge on any atom is 0.149 e. The number of hydrogen-bond acceptors (Lipinski definition) is 2. The van der Waals surface area contributed by atoms with Crippen molar-refractivity contribution in [2.24, 2.45) is 0 Å². The van der Waals surface area contributed by atoms with Gasteiger partial charge in [-0.1, -0.05) is 168 Å². The van der Waals surface area contributed by atoms with Gasteiger partial charge in [-0.15, -0.1) is 0 Å². The second-order valence-corrected chi connectivity index (χ2v) is 16.4. The molecule has 0 aromatic heterocycles. The van der Waals surface area contributed by atoms with E-state index in [-0.39, 0.29) is 16.9 Å². The van der Waals surface area contributed by atoms with Gasteiger partial charge >= 0.3 is 0 Å². The van der Waals surface area contributed by atoms with Gasteiger partial charge in [-0.2, -0.15) is 0 Å². The molecule has 262 valence electrons. The first kappa shape index (κ1) is 40.4. The Balaban J connectivity index is 2.10. The zero-order chi connectivity index (χ0) is 34.1. The first-order valence-electron chi connectivity index (χ1n) is 18.6. The van der Waals surface area contributed by atoms with Crippen molar-refractivity contribution in [1.29, 1.82) is 0 Å². The van der Waals surface area contributed by atoms with Gasteiger partial charge in [-0.3, -0.25) is 0 Å². The summed E-state index contributed by atoms with van der Waals surface area (Å²) in [7, 11) is -3.44. The second kappa shape index (κ2) is 20.5. The second-order valence-electron chi connectivity index (χ2n) is 14.6. The van der Waals surface area contributed by atoms with E-state index in [1.54, 1.807) is 0 Å². The standard InChI is InChI=1S/C41H69NO3S/c1-9-13-14-15-16-17-18-19-20-21-25-28-36(10-2)42-46(43,44)39(34-26-23-22-24-27-34)31-32-45-38-30-29-35(40(5,6)11-3)33-37(38)41(7,8)12-4/h22-24,26-27,29-30,33,36H,9-21,25,28,31-32H2,1-8H3,(H2,42,43,44). The maximum absolute atomic E-state index is 14.0. The predicted molar refractivity (Wildman–Crippen MR) is 203 cm³/mol. The molecule has 0 radical (unpaired) electrons. The van der Waals surface area contributed by atoms with E-state index in [0.29, 0.717) is 17.9 Å². The van der Waals surface area contributed by atoms with Crippen molar-refractivity contribution in [3.63, 3.8) is 0 Å². The highest BCUT2D eigenvalue weighted by atomic mass is 32.2. The maximum atomic E-state index is 14.0. The molecule has 2 rings (SSSR count). The molecule has 0 bridgehead atoms. The number of unbranched alkanes of at least 4 members (excludes halogenated alkanes) is 10. The van der Waals surface area contributed by atoms with Crippen LogP contribution in [0.4, 0.5) is 0 Å². The molecule has 0 heterocycles. The Morgan fingerprint density at radius 1 is 0.783 bits per heavy atom. The Bertz CT molecular complexity index is 1240. The summed E-state index contributed by atoms with van der Waals surface area (Å²) in [5.41, 5.74) is 3.36. The zero-order valence-corrected chi connectivity index (χ0v) is 31.7. The topological polar surface area (TPSA) is 58.6 Å². The van der Waals surface area contributed by atoms with Crippen LogP contribution in [-0.2, 0) is 20.8 Å². The Morgan fingerprint density at radius 2 is 1.35 bits per heavy atom. The molecule has 4 nitrogen and oxygen atoms in total. The molecule has 2 atom stereocenters. The minimum Gasteiger partial charge on any atom is -0.493 e. The fourth-order valence-electron chi connectivity index (χ4n) is 6.02. The molecule has 2 aromatic carbocycles. The fourth-order valence-corrected chi connectivity index (χ4v) is 7.71. The minimum atomic E-state index is -3.44. The summed E-state index contributed by atoms with van der Waals surface area (Å²) in [5, 5.41) is 0. The van der Waals surface area contributed by atoms with Crippen LogP contribution >= 0.6 is 0 Å². The monoisotopic (exact) mass is 655 g/mol. The highest BCUT2D eigenvalue weighted by molar-refractivity contribution is 7.95. The molecule has 2 unspecified atom stereocenters. The smallest absolute Gasteiger partial charge is 0.149 e. The van der Waals surface area contributed by atoms with Gasteiger partial charge < -0.3 is 9.29 Å². The van der Waals surface area contributed by atoms with Crippen molar-refractivity contribution in [2.45, 2.75) is 175 Å². The number of ether oxygens (including phenoxy) is 1. The van der Waals surface area contributed by atoms with Crippen LogP contribution in [0.15, 0.2) is 48.5 Å². The van der Waals surface area contributed by atoms with E-state index in [9.17, 15) is 8.76 Å². The summed E-state index contributed by atoms with van der Waals surface area (Å²) in [4.78, 5) is 0.519. The number of hydrogen-bond donors (Lipinski definition) is 2. The van der Waals surface area contributed by atoms with E-state index in [1.807, 2.05) is 30.3 Å².